The first-order valence-corrected chi connectivity index (χ1v) is 8.90. The van der Waals surface area contributed by atoms with Crippen LogP contribution < -0.4 is 9.47 Å². The predicted octanol–water partition coefficient (Wildman–Crippen LogP) is 4.86. The molecule has 0 amide bonds. The zero-order chi connectivity index (χ0) is 20.1. The zero-order valence-corrected chi connectivity index (χ0v) is 15.8. The Bertz CT molecular complexity index is 990. The molecular weight excluding hydrogens is 387 g/mol. The van der Waals surface area contributed by atoms with Gasteiger partial charge in [0.2, 0.25) is 5.88 Å². The lowest BCUT2D eigenvalue weighted by molar-refractivity contribution is 0.142. The summed E-state index contributed by atoms with van der Waals surface area (Å²) in [7, 11) is 0. The van der Waals surface area contributed by atoms with Gasteiger partial charge in [-0.1, -0.05) is 29.8 Å². The molecule has 0 unspecified atom stereocenters. The molecule has 0 aliphatic rings. The number of carboxylic acid groups (broad SMARTS) is 1. The minimum Gasteiger partial charge on any atom is -0.489 e. The monoisotopic (exact) mass is 404 g/mol. The Morgan fingerprint density at radius 1 is 1.21 bits per heavy atom. The van der Waals surface area contributed by atoms with Gasteiger partial charge in [-0.25, -0.2) is 9.18 Å². The second-order valence-corrected chi connectivity index (χ2v) is 6.53. The van der Waals surface area contributed by atoms with E-state index in [0.717, 1.165) is 11.3 Å². The second kappa shape index (κ2) is 8.75. The fraction of sp³-hybridized carbons (Fsp3) is 0.200. The summed E-state index contributed by atoms with van der Waals surface area (Å²) in [5.74, 6) is 0.294. The van der Waals surface area contributed by atoms with Crippen molar-refractivity contribution in [2.24, 2.45) is 0 Å². The van der Waals surface area contributed by atoms with Crippen LogP contribution in [0.25, 0.3) is 0 Å². The Hall–Kier alpha value is -3.06. The Balaban J connectivity index is 1.71. The number of hydrogen-bond donors (Lipinski definition) is 1. The molecule has 3 rings (SSSR count). The van der Waals surface area contributed by atoms with Gasteiger partial charge in [-0.05, 0) is 43.2 Å². The van der Waals surface area contributed by atoms with E-state index in [-0.39, 0.29) is 18.3 Å². The lowest BCUT2D eigenvalue weighted by Crippen LogP contribution is -2.08. The third-order valence-corrected chi connectivity index (χ3v) is 4.34. The summed E-state index contributed by atoms with van der Waals surface area (Å²) in [6.45, 7) is 2.36. The van der Waals surface area contributed by atoms with Gasteiger partial charge in [0.25, 0.3) is 0 Å². The standard InChI is InChI=1S/C20H18ClFN2O4/c1-13-10-19(28-20(25)26)23-24(13)9-8-14-11-16(21)6-7-18(14)27-12-15-4-2-3-5-17(15)22/h2-7,10-11H,8-9,12H2,1H3,(H,25,26). The number of carbonyl (C=O) groups is 1. The van der Waals surface area contributed by atoms with Crippen molar-refractivity contribution in [2.75, 3.05) is 0 Å². The van der Waals surface area contributed by atoms with Crippen molar-refractivity contribution in [1.29, 1.82) is 0 Å². The number of halogens is 2. The summed E-state index contributed by atoms with van der Waals surface area (Å²) in [4.78, 5) is 10.6. The molecule has 0 aliphatic carbocycles. The summed E-state index contributed by atoms with van der Waals surface area (Å²) in [5, 5.41) is 13.4. The number of aryl methyl sites for hydroxylation is 3. The first kappa shape index (κ1) is 19.7. The minimum absolute atomic E-state index is 0.0205. The molecule has 8 heteroatoms. The fourth-order valence-corrected chi connectivity index (χ4v) is 2.92. The highest BCUT2D eigenvalue weighted by molar-refractivity contribution is 6.30. The average molecular weight is 405 g/mol. The first-order chi connectivity index (χ1) is 13.4. The van der Waals surface area contributed by atoms with Crippen LogP contribution in [-0.2, 0) is 19.6 Å². The summed E-state index contributed by atoms with van der Waals surface area (Å²) in [6, 6.07) is 13.2. The van der Waals surface area contributed by atoms with Gasteiger partial charge >= 0.3 is 6.16 Å². The number of rotatable bonds is 7. The molecule has 2 aromatic carbocycles. The molecule has 0 spiro atoms. The van der Waals surface area contributed by atoms with E-state index in [4.69, 9.17) is 21.4 Å². The smallest absolute Gasteiger partial charge is 0.489 e. The molecule has 28 heavy (non-hydrogen) atoms. The van der Waals surface area contributed by atoms with Crippen LogP contribution in [0.5, 0.6) is 11.6 Å². The van der Waals surface area contributed by atoms with E-state index in [1.165, 1.54) is 6.07 Å². The summed E-state index contributed by atoms with van der Waals surface area (Å²) in [5.41, 5.74) is 2.05. The van der Waals surface area contributed by atoms with Crippen LogP contribution in [0.4, 0.5) is 9.18 Å². The van der Waals surface area contributed by atoms with Crippen molar-refractivity contribution in [1.82, 2.24) is 9.78 Å². The van der Waals surface area contributed by atoms with E-state index in [2.05, 4.69) is 9.84 Å². The van der Waals surface area contributed by atoms with Crippen LogP contribution in [0.15, 0.2) is 48.5 Å². The Morgan fingerprint density at radius 3 is 2.75 bits per heavy atom. The lowest BCUT2D eigenvalue weighted by atomic mass is 10.1. The average Bonchev–Trinajstić information content (AvgIpc) is 2.98. The maximum Gasteiger partial charge on any atom is 0.512 e. The molecule has 1 aromatic heterocycles. The molecule has 0 saturated carbocycles. The van der Waals surface area contributed by atoms with Crippen molar-refractivity contribution < 1.29 is 23.8 Å². The Morgan fingerprint density at radius 2 is 2.00 bits per heavy atom. The van der Waals surface area contributed by atoms with Gasteiger partial charge in [-0.2, -0.15) is 0 Å². The van der Waals surface area contributed by atoms with Gasteiger partial charge in [0.05, 0.1) is 0 Å². The predicted molar refractivity (Wildman–Crippen MR) is 102 cm³/mol. The molecular formula is C20H18ClFN2O4. The van der Waals surface area contributed by atoms with Crippen molar-refractivity contribution in [3.63, 3.8) is 0 Å². The second-order valence-electron chi connectivity index (χ2n) is 6.10. The summed E-state index contributed by atoms with van der Waals surface area (Å²) >= 11 is 6.11. The molecule has 0 saturated heterocycles. The van der Waals surface area contributed by atoms with Crippen LogP contribution in [0.2, 0.25) is 5.02 Å². The van der Waals surface area contributed by atoms with Gasteiger partial charge in [0.15, 0.2) is 0 Å². The van der Waals surface area contributed by atoms with Crippen molar-refractivity contribution >= 4 is 17.8 Å². The maximum atomic E-state index is 13.8. The highest BCUT2D eigenvalue weighted by atomic mass is 35.5. The van der Waals surface area contributed by atoms with Crippen LogP contribution in [-0.4, -0.2) is 21.0 Å². The molecule has 1 heterocycles. The van der Waals surface area contributed by atoms with Crippen LogP contribution in [0.3, 0.4) is 0 Å². The van der Waals surface area contributed by atoms with Crippen molar-refractivity contribution in [3.8, 4) is 11.6 Å². The van der Waals surface area contributed by atoms with Gasteiger partial charge in [-0.15, -0.1) is 5.10 Å². The largest absolute Gasteiger partial charge is 0.512 e. The molecule has 146 valence electrons. The summed E-state index contributed by atoms with van der Waals surface area (Å²) < 4.78 is 25.8. The number of benzene rings is 2. The molecule has 6 nitrogen and oxygen atoms in total. The molecule has 1 N–H and O–H groups in total. The lowest BCUT2D eigenvalue weighted by Gasteiger charge is -2.13. The van der Waals surface area contributed by atoms with Crippen LogP contribution >= 0.6 is 11.6 Å². The first-order valence-electron chi connectivity index (χ1n) is 8.52. The molecule has 0 atom stereocenters. The summed E-state index contributed by atoms with van der Waals surface area (Å²) in [6.07, 6.45) is -0.884. The third-order valence-electron chi connectivity index (χ3n) is 4.11. The van der Waals surface area contributed by atoms with E-state index in [1.54, 1.807) is 54.1 Å². The molecule has 0 aliphatic heterocycles. The van der Waals surface area contributed by atoms with E-state index in [9.17, 15) is 9.18 Å². The SMILES string of the molecule is Cc1cc(OC(=O)O)nn1CCc1cc(Cl)ccc1OCc1ccccc1F. The van der Waals surface area contributed by atoms with E-state index >= 15 is 0 Å². The highest BCUT2D eigenvalue weighted by Gasteiger charge is 2.11. The topological polar surface area (TPSA) is 73.6 Å². The quantitative estimate of drug-likeness (QED) is 0.569. The Labute approximate surface area is 166 Å². The number of hydrogen-bond acceptors (Lipinski definition) is 4. The van der Waals surface area contributed by atoms with Crippen molar-refractivity contribution in [2.45, 2.75) is 26.5 Å². The molecule has 0 fully saturated rings. The number of aromatic nitrogens is 2. The molecule has 3 aromatic rings. The third kappa shape index (κ3) is 5.01. The van der Waals surface area contributed by atoms with Crippen molar-refractivity contribution in [3.05, 3.63) is 76.2 Å². The molecule has 0 bridgehead atoms. The van der Waals surface area contributed by atoms with Gasteiger partial charge in [-0.3, -0.25) is 4.68 Å². The number of nitrogens with zero attached hydrogens (tertiary/aromatic N) is 2. The zero-order valence-electron chi connectivity index (χ0n) is 15.1. The minimum atomic E-state index is -1.41. The normalized spacial score (nSPS) is 10.7. The van der Waals surface area contributed by atoms with Crippen LogP contribution in [0.1, 0.15) is 16.8 Å². The fourth-order valence-electron chi connectivity index (χ4n) is 2.73. The highest BCUT2D eigenvalue weighted by Crippen LogP contribution is 2.25. The van der Waals surface area contributed by atoms with E-state index in [1.807, 2.05) is 0 Å². The number of ether oxygens (including phenoxy) is 2. The van der Waals surface area contributed by atoms with Gasteiger partial charge < -0.3 is 14.6 Å². The van der Waals surface area contributed by atoms with Gasteiger partial charge in [0.1, 0.15) is 18.2 Å². The van der Waals surface area contributed by atoms with E-state index < -0.39 is 6.16 Å². The van der Waals surface area contributed by atoms with E-state index in [0.29, 0.717) is 29.3 Å². The maximum absolute atomic E-state index is 13.8. The Kier molecular flexibility index (Phi) is 6.16. The molecule has 0 radical (unpaired) electrons. The van der Waals surface area contributed by atoms with Gasteiger partial charge in [0, 0.05) is 28.9 Å². The van der Waals surface area contributed by atoms with Crippen LogP contribution in [0, 0.1) is 12.7 Å².